The van der Waals surface area contributed by atoms with Crippen molar-refractivity contribution in [1.82, 2.24) is 5.48 Å². The van der Waals surface area contributed by atoms with Crippen LogP contribution in [-0.4, -0.2) is 32.3 Å². The second-order valence-corrected chi connectivity index (χ2v) is 5.10. The molecular formula is C15H30N2O4. The Morgan fingerprint density at radius 2 is 1.76 bits per heavy atom. The molecule has 0 aromatic carbocycles. The van der Waals surface area contributed by atoms with E-state index in [2.05, 4.69) is 10.7 Å². The maximum Gasteiger partial charge on any atom is 0.305 e. The molecule has 0 radical (unpaired) electrons. The van der Waals surface area contributed by atoms with Crippen LogP contribution in [0.3, 0.4) is 0 Å². The van der Waals surface area contributed by atoms with E-state index in [1.54, 1.807) is 7.05 Å². The molecule has 124 valence electrons. The van der Waals surface area contributed by atoms with Crippen molar-refractivity contribution in [1.29, 1.82) is 0 Å². The number of hydroxylamine groups is 1. The number of rotatable bonds is 15. The molecular weight excluding hydrogens is 272 g/mol. The van der Waals surface area contributed by atoms with Crippen LogP contribution >= 0.6 is 0 Å². The summed E-state index contributed by atoms with van der Waals surface area (Å²) >= 11 is 0. The summed E-state index contributed by atoms with van der Waals surface area (Å²) in [5, 5.41) is 3.09. The highest BCUT2D eigenvalue weighted by Gasteiger charge is 2.05. The third-order valence-corrected chi connectivity index (χ3v) is 3.38. The highest BCUT2D eigenvalue weighted by molar-refractivity contribution is 5.69. The van der Waals surface area contributed by atoms with Crippen LogP contribution < -0.4 is 5.48 Å². The second-order valence-electron chi connectivity index (χ2n) is 5.10. The molecule has 0 fully saturated rings. The van der Waals surface area contributed by atoms with Crippen LogP contribution in [0.5, 0.6) is 0 Å². The molecule has 1 atom stereocenters. The summed E-state index contributed by atoms with van der Waals surface area (Å²) in [6.45, 7) is 2.66. The number of ether oxygens (including phenoxy) is 1. The zero-order chi connectivity index (χ0) is 15.8. The van der Waals surface area contributed by atoms with Gasteiger partial charge in [0, 0.05) is 13.5 Å². The largest absolute Gasteiger partial charge is 0.463 e. The van der Waals surface area contributed by atoms with E-state index in [-0.39, 0.29) is 12.0 Å². The Labute approximate surface area is 127 Å². The maximum atomic E-state index is 11.3. The van der Waals surface area contributed by atoms with Gasteiger partial charge in [0.05, 0.1) is 6.04 Å². The molecule has 0 aliphatic carbocycles. The normalized spacial score (nSPS) is 12.1. The van der Waals surface area contributed by atoms with E-state index >= 15 is 0 Å². The summed E-state index contributed by atoms with van der Waals surface area (Å²) in [6.07, 6.45) is 8.63. The lowest BCUT2D eigenvalue weighted by atomic mass is 10.0. The Kier molecular flexibility index (Phi) is 14.6. The highest BCUT2D eigenvalue weighted by Crippen LogP contribution is 2.12. The molecule has 0 aliphatic heterocycles. The summed E-state index contributed by atoms with van der Waals surface area (Å²) in [5.41, 5.74) is 2.52. The number of nitroso groups, excluding NO2 is 1. The molecule has 0 saturated heterocycles. The van der Waals surface area contributed by atoms with Gasteiger partial charge < -0.3 is 4.74 Å². The van der Waals surface area contributed by atoms with Crippen LogP contribution in [0.1, 0.15) is 64.7 Å². The number of carbonyl (C=O) groups excluding carboxylic acids is 1. The van der Waals surface area contributed by atoms with Gasteiger partial charge in [0.2, 0.25) is 0 Å². The van der Waals surface area contributed by atoms with E-state index in [0.29, 0.717) is 19.6 Å². The number of hydrogen-bond donors (Lipinski definition) is 1. The molecule has 21 heavy (non-hydrogen) atoms. The smallest absolute Gasteiger partial charge is 0.305 e. The summed E-state index contributed by atoms with van der Waals surface area (Å²) in [7, 11) is 1.67. The van der Waals surface area contributed by atoms with Crippen LogP contribution in [0.25, 0.3) is 0 Å². The van der Waals surface area contributed by atoms with Crippen molar-refractivity contribution in [3.8, 4) is 0 Å². The standard InChI is InChI=1S/C15H30N2O4/c1-3-14(17-19)10-8-6-4-5-7-9-11-15(18)20-12-13-21-16-2/h14,16H,3-13H2,1-2H3. The van der Waals surface area contributed by atoms with Crippen molar-refractivity contribution >= 4 is 5.97 Å². The molecule has 6 nitrogen and oxygen atoms in total. The number of esters is 1. The minimum absolute atomic E-state index is 0.00772. The topological polar surface area (TPSA) is 77.0 Å². The van der Waals surface area contributed by atoms with Gasteiger partial charge in [-0.05, 0) is 19.3 Å². The Morgan fingerprint density at radius 1 is 1.10 bits per heavy atom. The second kappa shape index (κ2) is 15.4. The third kappa shape index (κ3) is 13.7. The summed E-state index contributed by atoms with van der Waals surface area (Å²) in [6, 6.07) is -0.00772. The average molecular weight is 302 g/mol. The SMILES string of the molecule is CCC(CCCCCCCCC(=O)OCCONC)N=O. The number of nitrogens with zero attached hydrogens (tertiary/aromatic N) is 1. The Morgan fingerprint density at radius 3 is 2.38 bits per heavy atom. The minimum Gasteiger partial charge on any atom is -0.463 e. The number of unbranched alkanes of at least 4 members (excludes halogenated alkanes) is 5. The fourth-order valence-corrected chi connectivity index (χ4v) is 2.06. The van der Waals surface area contributed by atoms with Crippen molar-refractivity contribution in [2.24, 2.45) is 5.18 Å². The molecule has 1 N–H and O–H groups in total. The number of hydrogen-bond acceptors (Lipinski definition) is 6. The highest BCUT2D eigenvalue weighted by atomic mass is 16.7. The predicted octanol–water partition coefficient (Wildman–Crippen LogP) is 3.35. The molecule has 0 aromatic heterocycles. The lowest BCUT2D eigenvalue weighted by Gasteiger charge is -2.06. The van der Waals surface area contributed by atoms with Crippen molar-refractivity contribution in [2.45, 2.75) is 70.8 Å². The van der Waals surface area contributed by atoms with Gasteiger partial charge >= 0.3 is 5.97 Å². The molecule has 0 amide bonds. The molecule has 1 unspecified atom stereocenters. The van der Waals surface area contributed by atoms with Gasteiger partial charge in [-0.1, -0.05) is 44.2 Å². The van der Waals surface area contributed by atoms with Gasteiger partial charge in [-0.3, -0.25) is 9.63 Å². The Bertz CT molecular complexity index is 262. The number of carbonyl (C=O) groups is 1. The van der Waals surface area contributed by atoms with Crippen LogP contribution in [-0.2, 0) is 14.4 Å². The van der Waals surface area contributed by atoms with Gasteiger partial charge in [-0.25, -0.2) is 5.48 Å². The first-order valence-electron chi connectivity index (χ1n) is 8.01. The van der Waals surface area contributed by atoms with E-state index in [4.69, 9.17) is 9.57 Å². The Hall–Kier alpha value is -1.01. The van der Waals surface area contributed by atoms with Gasteiger partial charge in [0.1, 0.15) is 13.2 Å². The van der Waals surface area contributed by atoms with Crippen molar-refractivity contribution in [3.05, 3.63) is 4.91 Å². The first-order chi connectivity index (χ1) is 10.2. The van der Waals surface area contributed by atoms with Gasteiger partial charge in [0.15, 0.2) is 0 Å². The van der Waals surface area contributed by atoms with Crippen molar-refractivity contribution in [3.63, 3.8) is 0 Å². The quantitative estimate of drug-likeness (QED) is 0.217. The van der Waals surface area contributed by atoms with Crippen molar-refractivity contribution < 1.29 is 14.4 Å². The summed E-state index contributed by atoms with van der Waals surface area (Å²) in [4.78, 5) is 26.6. The maximum absolute atomic E-state index is 11.3. The molecule has 6 heteroatoms. The molecule has 0 saturated carbocycles. The molecule has 0 aromatic rings. The van der Waals surface area contributed by atoms with E-state index in [1.807, 2.05) is 6.92 Å². The van der Waals surface area contributed by atoms with Crippen LogP contribution in [0.2, 0.25) is 0 Å². The Balaban J connectivity index is 3.24. The van der Waals surface area contributed by atoms with E-state index < -0.39 is 0 Å². The third-order valence-electron chi connectivity index (χ3n) is 3.38. The molecule has 0 bridgehead atoms. The fraction of sp³-hybridized carbons (Fsp3) is 0.933. The average Bonchev–Trinajstić information content (AvgIpc) is 2.50. The minimum atomic E-state index is -0.155. The van der Waals surface area contributed by atoms with Crippen LogP contribution in [0, 0.1) is 4.91 Å². The molecule has 0 heterocycles. The van der Waals surface area contributed by atoms with Gasteiger partial charge in [-0.2, -0.15) is 4.91 Å². The summed E-state index contributed by atoms with van der Waals surface area (Å²) in [5.74, 6) is -0.155. The van der Waals surface area contributed by atoms with E-state index in [9.17, 15) is 9.70 Å². The fourth-order valence-electron chi connectivity index (χ4n) is 2.06. The zero-order valence-electron chi connectivity index (χ0n) is 13.4. The van der Waals surface area contributed by atoms with Gasteiger partial charge in [-0.15, -0.1) is 0 Å². The first kappa shape index (κ1) is 20.0. The number of nitrogens with one attached hydrogen (secondary N) is 1. The predicted molar refractivity (Wildman–Crippen MR) is 82.8 cm³/mol. The lowest BCUT2D eigenvalue weighted by molar-refractivity contribution is -0.146. The zero-order valence-corrected chi connectivity index (χ0v) is 13.4. The van der Waals surface area contributed by atoms with Gasteiger partial charge in [0.25, 0.3) is 0 Å². The van der Waals surface area contributed by atoms with E-state index in [1.165, 1.54) is 0 Å². The van der Waals surface area contributed by atoms with Crippen LogP contribution in [0.4, 0.5) is 0 Å². The molecule has 0 spiro atoms. The van der Waals surface area contributed by atoms with E-state index in [0.717, 1.165) is 51.4 Å². The first-order valence-corrected chi connectivity index (χ1v) is 8.01. The lowest BCUT2D eigenvalue weighted by Crippen LogP contribution is -2.15. The monoisotopic (exact) mass is 302 g/mol. The summed E-state index contributed by atoms with van der Waals surface area (Å²) < 4.78 is 5.00. The molecule has 0 rings (SSSR count). The van der Waals surface area contributed by atoms with Crippen LogP contribution in [0.15, 0.2) is 5.18 Å². The molecule has 0 aliphatic rings. The van der Waals surface area contributed by atoms with Crippen molar-refractivity contribution in [2.75, 3.05) is 20.3 Å².